The summed E-state index contributed by atoms with van der Waals surface area (Å²) in [5, 5.41) is 1.27. The largest absolute Gasteiger partial charge is 0.279 e. The van der Waals surface area contributed by atoms with E-state index in [4.69, 9.17) is 0 Å². The van der Waals surface area contributed by atoms with E-state index in [9.17, 15) is 0 Å². The minimum Gasteiger partial charge on any atom is -0.279 e. The van der Waals surface area contributed by atoms with Crippen LogP contribution in [-0.4, -0.2) is 16.8 Å². The van der Waals surface area contributed by atoms with Gasteiger partial charge in [-0.2, -0.15) is 0 Å². The van der Waals surface area contributed by atoms with Crippen LogP contribution in [0.15, 0.2) is 4.99 Å². The van der Waals surface area contributed by atoms with E-state index in [1.54, 1.807) is 0 Å². The zero-order chi connectivity index (χ0) is 6.69. The van der Waals surface area contributed by atoms with E-state index in [0.29, 0.717) is 6.04 Å². The fourth-order valence-electron chi connectivity index (χ4n) is 1.03. The van der Waals surface area contributed by atoms with Crippen LogP contribution < -0.4 is 0 Å². The predicted octanol–water partition coefficient (Wildman–Crippen LogP) is 2.32. The first kappa shape index (κ1) is 7.13. The molecule has 0 saturated carbocycles. The number of nitrogens with zero attached hydrogens (tertiary/aromatic N) is 1. The molecule has 0 aromatic rings. The highest BCUT2D eigenvalue weighted by molar-refractivity contribution is 8.14. The van der Waals surface area contributed by atoms with Crippen molar-refractivity contribution in [3.8, 4) is 0 Å². The van der Waals surface area contributed by atoms with Gasteiger partial charge in [0.2, 0.25) is 0 Å². The Kier molecular flexibility index (Phi) is 2.58. The first-order valence-electron chi connectivity index (χ1n) is 3.50. The number of rotatable bonds is 2. The smallest absolute Gasteiger partial charge is 0.0649 e. The first-order chi connectivity index (χ1) is 4.33. The van der Waals surface area contributed by atoms with Crippen LogP contribution in [0.4, 0.5) is 0 Å². The maximum absolute atomic E-state index is 4.46. The summed E-state index contributed by atoms with van der Waals surface area (Å²) < 4.78 is 0. The quantitative estimate of drug-likeness (QED) is 0.578. The third-order valence-electron chi connectivity index (χ3n) is 1.47. The van der Waals surface area contributed by atoms with E-state index < -0.39 is 0 Å². The van der Waals surface area contributed by atoms with Gasteiger partial charge in [-0.15, -0.1) is 11.8 Å². The second-order valence-electron chi connectivity index (χ2n) is 2.40. The normalized spacial score (nSPS) is 26.4. The molecule has 1 aliphatic heterocycles. The molecule has 0 aromatic heterocycles. The van der Waals surface area contributed by atoms with Gasteiger partial charge < -0.3 is 0 Å². The first-order valence-corrected chi connectivity index (χ1v) is 4.48. The van der Waals surface area contributed by atoms with Crippen molar-refractivity contribution in [3.63, 3.8) is 0 Å². The highest BCUT2D eigenvalue weighted by Gasteiger charge is 2.12. The molecule has 1 nitrogen and oxygen atoms in total. The van der Waals surface area contributed by atoms with Crippen LogP contribution in [0.5, 0.6) is 0 Å². The van der Waals surface area contributed by atoms with Gasteiger partial charge in [0.25, 0.3) is 0 Å². The van der Waals surface area contributed by atoms with E-state index in [0.717, 1.165) is 0 Å². The average Bonchev–Trinajstić information content (AvgIpc) is 2.17. The predicted molar refractivity (Wildman–Crippen MR) is 44.3 cm³/mol. The zero-order valence-electron chi connectivity index (χ0n) is 6.05. The maximum Gasteiger partial charge on any atom is 0.0649 e. The van der Waals surface area contributed by atoms with Crippen LogP contribution in [0.25, 0.3) is 0 Å². The van der Waals surface area contributed by atoms with Crippen molar-refractivity contribution < 1.29 is 0 Å². The van der Waals surface area contributed by atoms with Gasteiger partial charge in [0.1, 0.15) is 0 Å². The van der Waals surface area contributed by atoms with Gasteiger partial charge in [-0.05, 0) is 13.3 Å². The highest BCUT2D eigenvalue weighted by atomic mass is 32.2. The minimum absolute atomic E-state index is 0.639. The monoisotopic (exact) mass is 143 g/mol. The third kappa shape index (κ3) is 2.01. The standard InChI is InChI=1S/C7H13NS/c1-3-4-7-5-9-6(2)8-7/h7H,3-5H2,1-2H3. The van der Waals surface area contributed by atoms with Crippen LogP contribution in [0, 0.1) is 0 Å². The van der Waals surface area contributed by atoms with E-state index in [1.165, 1.54) is 23.6 Å². The molecule has 2 heteroatoms. The van der Waals surface area contributed by atoms with Gasteiger partial charge in [0, 0.05) is 5.75 Å². The van der Waals surface area contributed by atoms with Crippen LogP contribution in [-0.2, 0) is 0 Å². The minimum atomic E-state index is 0.639. The second-order valence-corrected chi connectivity index (χ2v) is 3.61. The Morgan fingerprint density at radius 1 is 1.78 bits per heavy atom. The van der Waals surface area contributed by atoms with Crippen molar-refractivity contribution in [1.29, 1.82) is 0 Å². The van der Waals surface area contributed by atoms with Gasteiger partial charge in [0.15, 0.2) is 0 Å². The second kappa shape index (κ2) is 3.25. The summed E-state index contributed by atoms with van der Waals surface area (Å²) >= 11 is 1.90. The molecule has 0 radical (unpaired) electrons. The van der Waals surface area contributed by atoms with Crippen molar-refractivity contribution >= 4 is 16.8 Å². The van der Waals surface area contributed by atoms with E-state index >= 15 is 0 Å². The molecule has 0 aromatic carbocycles. The van der Waals surface area contributed by atoms with Crippen LogP contribution in [0.1, 0.15) is 26.7 Å². The summed E-state index contributed by atoms with van der Waals surface area (Å²) in [5.74, 6) is 1.22. The summed E-state index contributed by atoms with van der Waals surface area (Å²) in [6, 6.07) is 0.639. The number of thioether (sulfide) groups is 1. The Morgan fingerprint density at radius 2 is 2.56 bits per heavy atom. The molecule has 0 spiro atoms. The van der Waals surface area contributed by atoms with Crippen LogP contribution in [0.3, 0.4) is 0 Å². The van der Waals surface area contributed by atoms with Crippen molar-refractivity contribution in [1.82, 2.24) is 0 Å². The summed E-state index contributed by atoms with van der Waals surface area (Å²) in [4.78, 5) is 4.46. The van der Waals surface area contributed by atoms with Gasteiger partial charge in [-0.3, -0.25) is 4.99 Å². The summed E-state index contributed by atoms with van der Waals surface area (Å²) in [6.45, 7) is 4.31. The third-order valence-corrected chi connectivity index (χ3v) is 2.55. The molecule has 0 amide bonds. The van der Waals surface area contributed by atoms with Crippen molar-refractivity contribution in [2.24, 2.45) is 4.99 Å². The lowest BCUT2D eigenvalue weighted by Crippen LogP contribution is -2.01. The van der Waals surface area contributed by atoms with E-state index in [2.05, 4.69) is 18.8 Å². The van der Waals surface area contributed by atoms with Gasteiger partial charge >= 0.3 is 0 Å². The molecule has 1 aliphatic rings. The molecule has 0 saturated heterocycles. The molecule has 1 unspecified atom stereocenters. The van der Waals surface area contributed by atoms with E-state index in [1.807, 2.05) is 11.8 Å². The lowest BCUT2D eigenvalue weighted by molar-refractivity contribution is 0.670. The van der Waals surface area contributed by atoms with Crippen molar-refractivity contribution in [3.05, 3.63) is 0 Å². The summed E-state index contributed by atoms with van der Waals surface area (Å²) in [5.41, 5.74) is 0. The Hall–Kier alpha value is 0.0200. The van der Waals surface area contributed by atoms with Gasteiger partial charge in [-0.1, -0.05) is 13.3 Å². The number of hydrogen-bond donors (Lipinski definition) is 0. The van der Waals surface area contributed by atoms with Gasteiger partial charge in [-0.25, -0.2) is 0 Å². The molecule has 0 aliphatic carbocycles. The summed E-state index contributed by atoms with van der Waals surface area (Å²) in [6.07, 6.45) is 2.53. The molecule has 1 rings (SSSR count). The molecule has 52 valence electrons. The Bertz CT molecular complexity index is 120. The lowest BCUT2D eigenvalue weighted by atomic mass is 10.2. The van der Waals surface area contributed by atoms with Crippen LogP contribution >= 0.6 is 11.8 Å². The average molecular weight is 143 g/mol. The molecule has 9 heavy (non-hydrogen) atoms. The maximum atomic E-state index is 4.46. The molecule has 1 atom stereocenters. The molecule has 1 heterocycles. The molecular weight excluding hydrogens is 130 g/mol. The Balaban J connectivity index is 2.29. The topological polar surface area (TPSA) is 12.4 Å². The SMILES string of the molecule is CCCC1CSC(C)=N1. The number of hydrogen-bond acceptors (Lipinski definition) is 2. The van der Waals surface area contributed by atoms with Crippen LogP contribution in [0.2, 0.25) is 0 Å². The molecular formula is C7H13NS. The van der Waals surface area contributed by atoms with Crippen molar-refractivity contribution in [2.75, 3.05) is 5.75 Å². The van der Waals surface area contributed by atoms with Crippen molar-refractivity contribution in [2.45, 2.75) is 32.7 Å². The Morgan fingerprint density at radius 3 is 3.00 bits per heavy atom. The summed E-state index contributed by atoms with van der Waals surface area (Å²) in [7, 11) is 0. The number of aliphatic imine (C=N–C) groups is 1. The van der Waals surface area contributed by atoms with E-state index in [-0.39, 0.29) is 0 Å². The molecule has 0 N–H and O–H groups in total. The molecule has 0 bridgehead atoms. The van der Waals surface area contributed by atoms with Gasteiger partial charge in [0.05, 0.1) is 11.1 Å². The highest BCUT2D eigenvalue weighted by Crippen LogP contribution is 2.20. The Labute approximate surface area is 60.9 Å². The lowest BCUT2D eigenvalue weighted by Gasteiger charge is -1.99. The fourth-order valence-corrected chi connectivity index (χ4v) is 1.93. The molecule has 0 fully saturated rings. The fraction of sp³-hybridized carbons (Fsp3) is 0.857. The zero-order valence-corrected chi connectivity index (χ0v) is 6.87.